The fourth-order valence-corrected chi connectivity index (χ4v) is 2.10. The lowest BCUT2D eigenvalue weighted by molar-refractivity contribution is -0.0771. The second kappa shape index (κ2) is 4.52. The summed E-state index contributed by atoms with van der Waals surface area (Å²) in [6.07, 6.45) is 3.90. The Labute approximate surface area is 96.5 Å². The molecule has 88 valence electrons. The Morgan fingerprint density at radius 1 is 1.56 bits per heavy atom. The molecule has 1 fully saturated rings. The lowest BCUT2D eigenvalue weighted by Crippen LogP contribution is -2.40. The van der Waals surface area contributed by atoms with Gasteiger partial charge in [-0.15, -0.1) is 0 Å². The monoisotopic (exact) mass is 221 g/mol. The maximum Gasteiger partial charge on any atom is 0.0916 e. The van der Waals surface area contributed by atoms with E-state index in [1.165, 1.54) is 0 Å². The van der Waals surface area contributed by atoms with Gasteiger partial charge in [-0.05, 0) is 38.3 Å². The largest absolute Gasteiger partial charge is 0.390 e. The second-order valence-electron chi connectivity index (χ2n) is 4.81. The van der Waals surface area contributed by atoms with Gasteiger partial charge in [-0.1, -0.05) is 6.07 Å². The second-order valence-corrected chi connectivity index (χ2v) is 4.81. The van der Waals surface area contributed by atoms with Gasteiger partial charge in [0.2, 0.25) is 0 Å². The molecule has 0 bridgehead atoms. The Balaban J connectivity index is 2.01. The summed E-state index contributed by atoms with van der Waals surface area (Å²) in [5.41, 5.74) is 1.68. The first-order valence-corrected chi connectivity index (χ1v) is 5.84. The number of pyridine rings is 1. The molecule has 2 heterocycles. The highest BCUT2D eigenvalue weighted by molar-refractivity contribution is 5.13. The Bertz CT molecular complexity index is 341. The number of hydrogen-bond acceptors (Lipinski definition) is 3. The molecule has 1 saturated heterocycles. The maximum absolute atomic E-state index is 10.2. The molecule has 1 aliphatic rings. The van der Waals surface area contributed by atoms with E-state index >= 15 is 0 Å². The van der Waals surface area contributed by atoms with Gasteiger partial charge < -0.3 is 9.84 Å². The van der Waals surface area contributed by atoms with Gasteiger partial charge in [-0.25, -0.2) is 0 Å². The smallest absolute Gasteiger partial charge is 0.0916 e. The van der Waals surface area contributed by atoms with Gasteiger partial charge >= 0.3 is 0 Å². The minimum Gasteiger partial charge on any atom is -0.390 e. The van der Waals surface area contributed by atoms with E-state index < -0.39 is 6.10 Å². The quantitative estimate of drug-likeness (QED) is 0.847. The van der Waals surface area contributed by atoms with Gasteiger partial charge in [0.25, 0.3) is 0 Å². The zero-order valence-corrected chi connectivity index (χ0v) is 9.94. The van der Waals surface area contributed by atoms with Crippen molar-refractivity contribution in [3.05, 3.63) is 29.6 Å². The summed E-state index contributed by atoms with van der Waals surface area (Å²) < 4.78 is 5.62. The minimum absolute atomic E-state index is 0.382. The third-order valence-electron chi connectivity index (χ3n) is 3.33. The van der Waals surface area contributed by atoms with Crippen molar-refractivity contribution in [1.29, 1.82) is 0 Å². The predicted molar refractivity (Wildman–Crippen MR) is 62.3 cm³/mol. The van der Waals surface area contributed by atoms with Crippen LogP contribution >= 0.6 is 0 Å². The van der Waals surface area contributed by atoms with Crippen LogP contribution in [0.25, 0.3) is 0 Å². The fraction of sp³-hybridized carbons (Fsp3) is 0.615. The Kier molecular flexibility index (Phi) is 3.26. The average Bonchev–Trinajstić information content (AvgIpc) is 2.70. The molecule has 0 radical (unpaired) electrons. The summed E-state index contributed by atoms with van der Waals surface area (Å²) in [5.74, 6) is 0. The van der Waals surface area contributed by atoms with Crippen molar-refractivity contribution in [2.24, 2.45) is 0 Å². The molecular formula is C13H19NO2. The Morgan fingerprint density at radius 2 is 2.38 bits per heavy atom. The van der Waals surface area contributed by atoms with Gasteiger partial charge in [-0.2, -0.15) is 0 Å². The first-order chi connectivity index (χ1) is 7.60. The summed E-state index contributed by atoms with van der Waals surface area (Å²) in [7, 11) is 0. The summed E-state index contributed by atoms with van der Waals surface area (Å²) in [4.78, 5) is 4.31. The summed E-state index contributed by atoms with van der Waals surface area (Å²) in [6.45, 7) is 4.75. The van der Waals surface area contributed by atoms with Crippen LogP contribution < -0.4 is 0 Å². The van der Waals surface area contributed by atoms with E-state index in [9.17, 15) is 5.11 Å². The van der Waals surface area contributed by atoms with Crippen molar-refractivity contribution >= 4 is 0 Å². The third kappa shape index (κ3) is 2.42. The molecule has 1 aromatic rings. The molecule has 0 saturated carbocycles. The van der Waals surface area contributed by atoms with E-state index in [4.69, 9.17) is 4.74 Å². The number of aryl methyl sites for hydroxylation is 1. The standard InChI is InChI=1S/C13H19NO2/c1-10-4-5-11(14-9-10)8-12(15)13(2)6-3-7-16-13/h4-5,9,12,15H,3,6-8H2,1-2H3. The minimum atomic E-state index is -0.467. The van der Waals surface area contributed by atoms with Gasteiger partial charge in [0.15, 0.2) is 0 Å². The number of aliphatic hydroxyl groups is 1. The summed E-state index contributed by atoms with van der Waals surface area (Å²) in [5, 5.41) is 10.2. The highest BCUT2D eigenvalue weighted by Gasteiger charge is 2.37. The Hall–Kier alpha value is -0.930. The summed E-state index contributed by atoms with van der Waals surface area (Å²) in [6, 6.07) is 3.99. The lowest BCUT2D eigenvalue weighted by Gasteiger charge is -2.29. The van der Waals surface area contributed by atoms with E-state index in [2.05, 4.69) is 4.98 Å². The zero-order valence-electron chi connectivity index (χ0n) is 9.94. The van der Waals surface area contributed by atoms with Crippen LogP contribution in [-0.4, -0.2) is 28.4 Å². The van der Waals surface area contributed by atoms with Gasteiger partial charge in [-0.3, -0.25) is 4.98 Å². The van der Waals surface area contributed by atoms with Gasteiger partial charge in [0, 0.05) is 24.9 Å². The molecular weight excluding hydrogens is 202 g/mol. The zero-order chi connectivity index (χ0) is 11.6. The number of aliphatic hydroxyl groups excluding tert-OH is 1. The van der Waals surface area contributed by atoms with Crippen LogP contribution in [0.2, 0.25) is 0 Å². The highest BCUT2D eigenvalue weighted by Crippen LogP contribution is 2.29. The van der Waals surface area contributed by atoms with Crippen molar-refractivity contribution in [2.45, 2.75) is 44.8 Å². The molecule has 0 amide bonds. The number of hydrogen-bond donors (Lipinski definition) is 1. The van der Waals surface area contributed by atoms with Crippen molar-refractivity contribution in [1.82, 2.24) is 4.98 Å². The van der Waals surface area contributed by atoms with Crippen LogP contribution in [0.5, 0.6) is 0 Å². The van der Waals surface area contributed by atoms with Crippen molar-refractivity contribution in [3.8, 4) is 0 Å². The van der Waals surface area contributed by atoms with Crippen molar-refractivity contribution in [3.63, 3.8) is 0 Å². The van der Waals surface area contributed by atoms with Crippen LogP contribution in [0, 0.1) is 6.92 Å². The molecule has 2 rings (SSSR count). The normalized spacial score (nSPS) is 26.9. The molecule has 0 spiro atoms. The number of ether oxygens (including phenoxy) is 1. The summed E-state index contributed by atoms with van der Waals surface area (Å²) >= 11 is 0. The predicted octanol–water partition coefficient (Wildman–Crippen LogP) is 1.86. The first-order valence-electron chi connectivity index (χ1n) is 5.84. The van der Waals surface area contributed by atoms with Crippen molar-refractivity contribution in [2.75, 3.05) is 6.61 Å². The Morgan fingerprint density at radius 3 is 2.94 bits per heavy atom. The van der Waals surface area contributed by atoms with Crippen LogP contribution in [-0.2, 0) is 11.2 Å². The lowest BCUT2D eigenvalue weighted by atomic mass is 9.92. The van der Waals surface area contributed by atoms with Crippen LogP contribution in [0.1, 0.15) is 31.0 Å². The van der Waals surface area contributed by atoms with E-state index in [0.29, 0.717) is 6.42 Å². The number of rotatable bonds is 3. The molecule has 16 heavy (non-hydrogen) atoms. The molecule has 1 N–H and O–H groups in total. The third-order valence-corrected chi connectivity index (χ3v) is 3.33. The molecule has 2 unspecified atom stereocenters. The van der Waals surface area contributed by atoms with Crippen LogP contribution in [0.3, 0.4) is 0 Å². The van der Waals surface area contributed by atoms with Crippen molar-refractivity contribution < 1.29 is 9.84 Å². The highest BCUT2D eigenvalue weighted by atomic mass is 16.5. The topological polar surface area (TPSA) is 42.4 Å². The SMILES string of the molecule is Cc1ccc(CC(O)C2(C)CCCO2)nc1. The number of nitrogens with zero attached hydrogens (tertiary/aromatic N) is 1. The van der Waals surface area contributed by atoms with Gasteiger partial charge in [0.1, 0.15) is 0 Å². The van der Waals surface area contributed by atoms with Gasteiger partial charge in [0.05, 0.1) is 11.7 Å². The molecule has 0 aliphatic carbocycles. The van der Waals surface area contributed by atoms with E-state index in [1.54, 1.807) is 0 Å². The van der Waals surface area contributed by atoms with E-state index in [-0.39, 0.29) is 5.60 Å². The van der Waals surface area contributed by atoms with E-state index in [1.807, 2.05) is 32.2 Å². The molecule has 1 aromatic heterocycles. The van der Waals surface area contributed by atoms with E-state index in [0.717, 1.165) is 30.7 Å². The molecule has 3 nitrogen and oxygen atoms in total. The molecule has 1 aliphatic heterocycles. The molecule has 2 atom stereocenters. The molecule has 0 aromatic carbocycles. The fourth-order valence-electron chi connectivity index (χ4n) is 2.10. The average molecular weight is 221 g/mol. The number of aromatic nitrogens is 1. The van der Waals surface area contributed by atoms with Crippen LogP contribution in [0.15, 0.2) is 18.3 Å². The maximum atomic E-state index is 10.2. The van der Waals surface area contributed by atoms with Crippen LogP contribution in [0.4, 0.5) is 0 Å². The first kappa shape index (κ1) is 11.6. The molecule has 3 heteroatoms.